The zero-order chi connectivity index (χ0) is 19.7. The quantitative estimate of drug-likeness (QED) is 0.800. The van der Waals surface area contributed by atoms with E-state index in [0.29, 0.717) is 18.0 Å². The Kier molecular flexibility index (Phi) is 4.85. The van der Waals surface area contributed by atoms with Crippen LogP contribution < -0.4 is 10.6 Å². The SMILES string of the molecule is O=C(Nc1cc(NC(=O)[C@H]2CC(=O)N(Cc3ccco3)C2)ccc1F)C1CC1. The Labute approximate surface area is 160 Å². The van der Waals surface area contributed by atoms with Gasteiger partial charge in [-0.1, -0.05) is 0 Å². The van der Waals surface area contributed by atoms with E-state index in [0.717, 1.165) is 12.8 Å². The van der Waals surface area contributed by atoms with E-state index in [9.17, 15) is 18.8 Å². The lowest BCUT2D eigenvalue weighted by Crippen LogP contribution is -2.28. The van der Waals surface area contributed by atoms with Gasteiger partial charge in [0.2, 0.25) is 17.7 Å². The molecule has 146 valence electrons. The van der Waals surface area contributed by atoms with Crippen molar-refractivity contribution in [2.45, 2.75) is 25.8 Å². The minimum Gasteiger partial charge on any atom is -0.467 e. The molecule has 1 saturated carbocycles. The van der Waals surface area contributed by atoms with Crippen molar-refractivity contribution in [3.05, 3.63) is 48.2 Å². The van der Waals surface area contributed by atoms with Crippen molar-refractivity contribution in [2.75, 3.05) is 17.2 Å². The Bertz CT molecular complexity index is 908. The molecule has 0 spiro atoms. The molecule has 2 heterocycles. The van der Waals surface area contributed by atoms with Crippen LogP contribution in [0.25, 0.3) is 0 Å². The largest absolute Gasteiger partial charge is 0.467 e. The number of rotatable bonds is 6. The first kappa shape index (κ1) is 18.2. The molecular weight excluding hydrogens is 365 g/mol. The minimum atomic E-state index is -0.562. The van der Waals surface area contributed by atoms with E-state index in [1.54, 1.807) is 17.0 Å². The van der Waals surface area contributed by atoms with Crippen LogP contribution in [0.5, 0.6) is 0 Å². The van der Waals surface area contributed by atoms with Gasteiger partial charge in [-0.2, -0.15) is 0 Å². The van der Waals surface area contributed by atoms with E-state index < -0.39 is 11.7 Å². The third kappa shape index (κ3) is 4.05. The van der Waals surface area contributed by atoms with Gasteiger partial charge in [0.15, 0.2) is 0 Å². The number of hydrogen-bond acceptors (Lipinski definition) is 4. The molecule has 4 rings (SSSR count). The van der Waals surface area contributed by atoms with Crippen molar-refractivity contribution in [1.29, 1.82) is 0 Å². The predicted molar refractivity (Wildman–Crippen MR) is 98.6 cm³/mol. The fraction of sp³-hybridized carbons (Fsp3) is 0.350. The second-order valence-electron chi connectivity index (χ2n) is 7.20. The molecule has 1 aromatic carbocycles. The zero-order valence-electron chi connectivity index (χ0n) is 15.1. The smallest absolute Gasteiger partial charge is 0.229 e. The van der Waals surface area contributed by atoms with Crippen LogP contribution in [-0.4, -0.2) is 29.2 Å². The number of anilines is 2. The van der Waals surface area contributed by atoms with Crippen molar-refractivity contribution >= 4 is 29.1 Å². The molecule has 1 aliphatic carbocycles. The van der Waals surface area contributed by atoms with E-state index in [-0.39, 0.29) is 42.3 Å². The predicted octanol–water partition coefficient (Wildman–Crippen LogP) is 2.75. The summed E-state index contributed by atoms with van der Waals surface area (Å²) in [4.78, 5) is 38.2. The minimum absolute atomic E-state index is 0.0386. The first-order chi connectivity index (χ1) is 13.5. The number of carbonyl (C=O) groups is 3. The van der Waals surface area contributed by atoms with Crippen LogP contribution in [0.3, 0.4) is 0 Å². The molecule has 1 aliphatic heterocycles. The van der Waals surface area contributed by atoms with Gasteiger partial charge in [0, 0.05) is 24.6 Å². The van der Waals surface area contributed by atoms with Crippen molar-refractivity contribution in [3.8, 4) is 0 Å². The van der Waals surface area contributed by atoms with Crippen LogP contribution in [0, 0.1) is 17.7 Å². The number of halogens is 1. The number of likely N-dealkylation sites (tertiary alicyclic amines) is 1. The number of nitrogens with zero attached hydrogens (tertiary/aromatic N) is 1. The molecule has 1 saturated heterocycles. The number of carbonyl (C=O) groups excluding carboxylic acids is 3. The van der Waals surface area contributed by atoms with E-state index in [4.69, 9.17) is 4.42 Å². The van der Waals surface area contributed by atoms with Crippen LogP contribution in [0.2, 0.25) is 0 Å². The van der Waals surface area contributed by atoms with Crippen molar-refractivity contribution < 1.29 is 23.2 Å². The Hall–Kier alpha value is -3.16. The molecule has 1 aromatic heterocycles. The van der Waals surface area contributed by atoms with Crippen LogP contribution in [0.4, 0.5) is 15.8 Å². The molecule has 2 aliphatic rings. The summed E-state index contributed by atoms with van der Waals surface area (Å²) in [6.45, 7) is 0.612. The topological polar surface area (TPSA) is 91.7 Å². The molecule has 2 N–H and O–H groups in total. The first-order valence-electron chi connectivity index (χ1n) is 9.21. The normalized spacial score (nSPS) is 19.0. The summed E-state index contributed by atoms with van der Waals surface area (Å²) in [7, 11) is 0. The van der Waals surface area contributed by atoms with E-state index >= 15 is 0 Å². The summed E-state index contributed by atoms with van der Waals surface area (Å²) in [6, 6.07) is 7.54. The second kappa shape index (κ2) is 7.46. The third-order valence-electron chi connectivity index (χ3n) is 4.95. The summed E-state index contributed by atoms with van der Waals surface area (Å²) in [5.74, 6) is -1.11. The molecule has 28 heavy (non-hydrogen) atoms. The highest BCUT2D eigenvalue weighted by Crippen LogP contribution is 2.31. The molecule has 7 nitrogen and oxygen atoms in total. The van der Waals surface area contributed by atoms with Gasteiger partial charge in [-0.15, -0.1) is 0 Å². The highest BCUT2D eigenvalue weighted by atomic mass is 19.1. The highest BCUT2D eigenvalue weighted by molar-refractivity contribution is 5.98. The number of amides is 3. The van der Waals surface area contributed by atoms with E-state index in [1.807, 2.05) is 0 Å². The maximum atomic E-state index is 13.9. The Morgan fingerprint density at radius 2 is 1.93 bits per heavy atom. The number of benzene rings is 1. The van der Waals surface area contributed by atoms with Crippen LogP contribution in [0.15, 0.2) is 41.0 Å². The fourth-order valence-electron chi connectivity index (χ4n) is 3.21. The summed E-state index contributed by atoms with van der Waals surface area (Å²) in [5, 5.41) is 5.27. The van der Waals surface area contributed by atoms with E-state index in [1.165, 1.54) is 24.5 Å². The Morgan fingerprint density at radius 3 is 2.64 bits per heavy atom. The van der Waals surface area contributed by atoms with Crippen LogP contribution in [-0.2, 0) is 20.9 Å². The standard InChI is InChI=1S/C20H20FN3O4/c21-16-6-5-14(9-17(16)23-19(26)12-3-4-12)22-20(27)13-8-18(25)24(10-13)11-15-2-1-7-28-15/h1-2,5-7,9,12-13H,3-4,8,10-11H2,(H,22,27)(H,23,26)/t13-/m0/s1. The third-order valence-corrected chi connectivity index (χ3v) is 4.95. The number of furan rings is 1. The molecule has 0 unspecified atom stereocenters. The Morgan fingerprint density at radius 1 is 1.14 bits per heavy atom. The molecule has 2 fully saturated rings. The molecular formula is C20H20FN3O4. The molecule has 8 heteroatoms. The van der Waals surface area contributed by atoms with Gasteiger partial charge in [0.05, 0.1) is 24.4 Å². The lowest BCUT2D eigenvalue weighted by molar-refractivity contribution is -0.128. The fourth-order valence-corrected chi connectivity index (χ4v) is 3.21. The van der Waals surface area contributed by atoms with Crippen LogP contribution >= 0.6 is 0 Å². The number of hydrogen-bond donors (Lipinski definition) is 2. The van der Waals surface area contributed by atoms with Crippen molar-refractivity contribution in [3.63, 3.8) is 0 Å². The van der Waals surface area contributed by atoms with Gasteiger partial charge in [0.1, 0.15) is 11.6 Å². The first-order valence-corrected chi connectivity index (χ1v) is 9.21. The van der Waals surface area contributed by atoms with Gasteiger partial charge < -0.3 is 20.0 Å². The van der Waals surface area contributed by atoms with Gasteiger partial charge in [-0.05, 0) is 43.2 Å². The molecule has 2 aromatic rings. The summed E-state index contributed by atoms with van der Waals surface area (Å²) in [5.41, 5.74) is 0.408. The lowest BCUT2D eigenvalue weighted by atomic mass is 10.1. The van der Waals surface area contributed by atoms with Gasteiger partial charge in [0.25, 0.3) is 0 Å². The van der Waals surface area contributed by atoms with Crippen LogP contribution in [0.1, 0.15) is 25.0 Å². The molecule has 0 bridgehead atoms. The highest BCUT2D eigenvalue weighted by Gasteiger charge is 2.35. The Balaban J connectivity index is 1.38. The van der Waals surface area contributed by atoms with Crippen molar-refractivity contribution in [1.82, 2.24) is 4.90 Å². The molecule has 0 radical (unpaired) electrons. The van der Waals surface area contributed by atoms with Crippen molar-refractivity contribution in [2.24, 2.45) is 11.8 Å². The molecule has 3 amide bonds. The van der Waals surface area contributed by atoms with Gasteiger partial charge >= 0.3 is 0 Å². The average Bonchev–Trinajstić information content (AvgIpc) is 3.28. The van der Waals surface area contributed by atoms with Gasteiger partial charge in [-0.25, -0.2) is 4.39 Å². The van der Waals surface area contributed by atoms with E-state index in [2.05, 4.69) is 10.6 Å². The summed E-state index contributed by atoms with van der Waals surface area (Å²) < 4.78 is 19.2. The number of nitrogens with one attached hydrogen (secondary N) is 2. The van der Waals surface area contributed by atoms with Gasteiger partial charge in [-0.3, -0.25) is 14.4 Å². The second-order valence-corrected chi connectivity index (χ2v) is 7.20. The maximum Gasteiger partial charge on any atom is 0.229 e. The summed E-state index contributed by atoms with van der Waals surface area (Å²) >= 11 is 0. The average molecular weight is 385 g/mol. The molecule has 1 atom stereocenters. The lowest BCUT2D eigenvalue weighted by Gasteiger charge is -2.15. The summed E-state index contributed by atoms with van der Waals surface area (Å²) in [6.07, 6.45) is 3.27. The maximum absolute atomic E-state index is 13.9. The zero-order valence-corrected chi connectivity index (χ0v) is 15.1. The monoisotopic (exact) mass is 385 g/mol.